The highest BCUT2D eigenvalue weighted by Crippen LogP contribution is 2.23. The van der Waals surface area contributed by atoms with Gasteiger partial charge in [-0.3, -0.25) is 4.79 Å². The van der Waals surface area contributed by atoms with Crippen LogP contribution < -0.4 is 9.54 Å². The van der Waals surface area contributed by atoms with E-state index in [1.54, 1.807) is 11.7 Å². The number of hydrogen-bond donors (Lipinski definition) is 0. The topological polar surface area (TPSA) is 43.6 Å². The third-order valence-corrected chi connectivity index (χ3v) is 4.47. The number of methoxy groups -OCH3 is 1. The van der Waals surface area contributed by atoms with Crippen LogP contribution >= 0.6 is 11.3 Å². The Morgan fingerprint density at radius 1 is 1.33 bits per heavy atom. The summed E-state index contributed by atoms with van der Waals surface area (Å²) in [6.07, 6.45) is 5.44. The van der Waals surface area contributed by atoms with E-state index < -0.39 is 11.7 Å². The van der Waals surface area contributed by atoms with Gasteiger partial charge in [-0.2, -0.15) is 4.99 Å². The molecule has 2 aromatic carbocycles. The number of nitrogens with zero attached hydrogens (tertiary/aromatic N) is 2. The fourth-order valence-electron chi connectivity index (χ4n) is 2.25. The quantitative estimate of drug-likeness (QED) is 0.687. The molecule has 0 saturated heterocycles. The largest absolute Gasteiger partial charge is 0.497 e. The second-order valence-electron chi connectivity index (χ2n) is 4.93. The number of carbonyl (C=O) groups excluding carboxylic acids is 1. The van der Waals surface area contributed by atoms with E-state index in [2.05, 4.69) is 10.9 Å². The Balaban J connectivity index is 2.13. The number of thiazole rings is 1. The highest BCUT2D eigenvalue weighted by Gasteiger charge is 2.09. The minimum Gasteiger partial charge on any atom is -0.497 e. The summed E-state index contributed by atoms with van der Waals surface area (Å²) in [6, 6.07) is 10.8. The van der Waals surface area contributed by atoms with Crippen LogP contribution in [0.4, 0.5) is 4.39 Å². The molecule has 0 bridgehead atoms. The second-order valence-corrected chi connectivity index (χ2v) is 5.94. The molecule has 0 aliphatic carbocycles. The number of carbonyl (C=O) groups is 1. The number of amides is 1. The zero-order chi connectivity index (χ0) is 17.1. The molecule has 0 spiro atoms. The van der Waals surface area contributed by atoms with E-state index in [1.165, 1.54) is 35.6 Å². The van der Waals surface area contributed by atoms with Crippen LogP contribution in [0.25, 0.3) is 10.2 Å². The molecule has 0 atom stereocenters. The molecule has 24 heavy (non-hydrogen) atoms. The first-order valence-corrected chi connectivity index (χ1v) is 7.89. The Bertz CT molecular complexity index is 1010. The summed E-state index contributed by atoms with van der Waals surface area (Å²) in [5.74, 6) is 2.44. The molecule has 0 saturated carbocycles. The molecule has 0 N–H and O–H groups in total. The van der Waals surface area contributed by atoms with E-state index >= 15 is 0 Å². The molecule has 0 unspecified atom stereocenters. The average Bonchev–Trinajstić information content (AvgIpc) is 2.92. The fraction of sp³-hybridized carbons (Fsp3) is 0.111. The van der Waals surface area contributed by atoms with Gasteiger partial charge >= 0.3 is 0 Å². The molecule has 3 aromatic rings. The summed E-state index contributed by atoms with van der Waals surface area (Å²) in [7, 11) is 1.59. The second kappa shape index (κ2) is 6.69. The smallest absolute Gasteiger partial charge is 0.279 e. The molecule has 3 rings (SSSR count). The lowest BCUT2D eigenvalue weighted by Gasteiger charge is -2.01. The van der Waals surface area contributed by atoms with Gasteiger partial charge in [-0.1, -0.05) is 17.3 Å². The maximum absolute atomic E-state index is 13.0. The molecular weight excluding hydrogens is 327 g/mol. The predicted octanol–water partition coefficient (Wildman–Crippen LogP) is 3.22. The maximum atomic E-state index is 13.0. The Morgan fingerprint density at radius 3 is 2.75 bits per heavy atom. The van der Waals surface area contributed by atoms with E-state index in [-0.39, 0.29) is 0 Å². The van der Waals surface area contributed by atoms with Crippen LogP contribution in [-0.4, -0.2) is 17.6 Å². The number of benzene rings is 2. The van der Waals surface area contributed by atoms with E-state index in [4.69, 9.17) is 11.2 Å². The summed E-state index contributed by atoms with van der Waals surface area (Å²) >= 11 is 1.35. The normalized spacial score (nSPS) is 11.5. The van der Waals surface area contributed by atoms with Gasteiger partial charge in [0.1, 0.15) is 11.6 Å². The van der Waals surface area contributed by atoms with Crippen LogP contribution in [0.5, 0.6) is 5.75 Å². The van der Waals surface area contributed by atoms with Crippen LogP contribution in [0.1, 0.15) is 10.4 Å². The van der Waals surface area contributed by atoms with Crippen molar-refractivity contribution in [3.05, 3.63) is 58.6 Å². The van der Waals surface area contributed by atoms with Crippen molar-refractivity contribution in [2.24, 2.45) is 4.99 Å². The number of ether oxygens (including phenoxy) is 1. The van der Waals surface area contributed by atoms with Crippen molar-refractivity contribution in [3.8, 4) is 18.1 Å². The summed E-state index contributed by atoms with van der Waals surface area (Å²) in [4.78, 5) is 17.0. The van der Waals surface area contributed by atoms with Crippen molar-refractivity contribution in [3.63, 3.8) is 0 Å². The van der Waals surface area contributed by atoms with Gasteiger partial charge in [-0.25, -0.2) is 4.39 Å². The number of rotatable bonds is 3. The standard InChI is InChI=1S/C18H13FN2O2S/c1-3-10-21-15-9-8-14(23-2)11-16(15)24-18(21)20-17(22)12-4-6-13(19)7-5-12/h1,4-9,11H,10H2,2H3. The molecule has 0 aliphatic heterocycles. The number of hydrogen-bond acceptors (Lipinski definition) is 3. The summed E-state index contributed by atoms with van der Waals surface area (Å²) in [5.41, 5.74) is 1.20. The lowest BCUT2D eigenvalue weighted by molar-refractivity contribution is 0.0998. The monoisotopic (exact) mass is 340 g/mol. The van der Waals surface area contributed by atoms with Gasteiger partial charge in [0.25, 0.3) is 5.91 Å². The Morgan fingerprint density at radius 2 is 2.08 bits per heavy atom. The number of fused-ring (bicyclic) bond motifs is 1. The lowest BCUT2D eigenvalue weighted by atomic mass is 10.2. The first kappa shape index (κ1) is 16.0. The van der Waals surface area contributed by atoms with E-state index in [0.29, 0.717) is 22.7 Å². The van der Waals surface area contributed by atoms with Gasteiger partial charge in [0, 0.05) is 5.56 Å². The molecular formula is C18H13FN2O2S. The minimum atomic E-state index is -0.445. The third kappa shape index (κ3) is 3.07. The zero-order valence-corrected chi connectivity index (χ0v) is 13.6. The van der Waals surface area contributed by atoms with Gasteiger partial charge in [0.05, 0.1) is 23.9 Å². The van der Waals surface area contributed by atoms with Crippen LogP contribution in [0.3, 0.4) is 0 Å². The maximum Gasteiger partial charge on any atom is 0.279 e. The van der Waals surface area contributed by atoms with Gasteiger partial charge in [-0.05, 0) is 42.5 Å². The predicted molar refractivity (Wildman–Crippen MR) is 91.5 cm³/mol. The van der Waals surface area contributed by atoms with E-state index in [9.17, 15) is 9.18 Å². The van der Waals surface area contributed by atoms with E-state index in [0.717, 1.165) is 10.2 Å². The van der Waals surface area contributed by atoms with Gasteiger partial charge in [-0.15, -0.1) is 6.42 Å². The first-order valence-electron chi connectivity index (χ1n) is 7.08. The Labute approximate surface area is 141 Å². The molecule has 6 heteroatoms. The van der Waals surface area contributed by atoms with Crippen LogP contribution in [-0.2, 0) is 6.54 Å². The Hall–Kier alpha value is -2.91. The van der Waals surface area contributed by atoms with Crippen molar-refractivity contribution in [1.82, 2.24) is 4.57 Å². The van der Waals surface area contributed by atoms with Gasteiger partial charge < -0.3 is 9.30 Å². The minimum absolute atomic E-state index is 0.294. The van der Waals surface area contributed by atoms with Crippen molar-refractivity contribution < 1.29 is 13.9 Å². The summed E-state index contributed by atoms with van der Waals surface area (Å²) in [5, 5.41) is 0. The molecule has 1 amide bonds. The molecule has 1 aromatic heterocycles. The molecule has 0 aliphatic rings. The lowest BCUT2D eigenvalue weighted by Crippen LogP contribution is -2.16. The van der Waals surface area contributed by atoms with Crippen LogP contribution in [0.2, 0.25) is 0 Å². The summed E-state index contributed by atoms with van der Waals surface area (Å²) < 4.78 is 20.9. The van der Waals surface area contributed by atoms with Crippen molar-refractivity contribution in [2.75, 3.05) is 7.11 Å². The van der Waals surface area contributed by atoms with Crippen molar-refractivity contribution >= 4 is 27.5 Å². The highest BCUT2D eigenvalue weighted by atomic mass is 32.1. The molecule has 120 valence electrons. The van der Waals surface area contributed by atoms with Gasteiger partial charge in [0.15, 0.2) is 4.80 Å². The number of halogens is 1. The van der Waals surface area contributed by atoms with Crippen LogP contribution in [0, 0.1) is 18.2 Å². The highest BCUT2D eigenvalue weighted by molar-refractivity contribution is 7.16. The Kier molecular flexibility index (Phi) is 4.45. The summed E-state index contributed by atoms with van der Waals surface area (Å²) in [6.45, 7) is 0.294. The SMILES string of the molecule is C#CCn1c(=NC(=O)c2ccc(F)cc2)sc2cc(OC)ccc21. The molecule has 0 fully saturated rings. The van der Waals surface area contributed by atoms with Crippen molar-refractivity contribution in [2.45, 2.75) is 6.54 Å². The van der Waals surface area contributed by atoms with Crippen LogP contribution in [0.15, 0.2) is 47.5 Å². The zero-order valence-electron chi connectivity index (χ0n) is 12.8. The van der Waals surface area contributed by atoms with E-state index in [1.807, 2.05) is 18.2 Å². The molecule has 4 nitrogen and oxygen atoms in total. The number of aromatic nitrogens is 1. The fourth-order valence-corrected chi connectivity index (χ4v) is 3.31. The first-order chi connectivity index (χ1) is 11.6. The van der Waals surface area contributed by atoms with Crippen molar-refractivity contribution in [1.29, 1.82) is 0 Å². The molecule has 1 heterocycles. The number of terminal acetylenes is 1. The average molecular weight is 340 g/mol. The van der Waals surface area contributed by atoms with Gasteiger partial charge in [0.2, 0.25) is 0 Å². The third-order valence-electron chi connectivity index (χ3n) is 3.43. The molecule has 0 radical (unpaired) electrons.